The van der Waals surface area contributed by atoms with Gasteiger partial charge in [-0.1, -0.05) is 18.2 Å². The lowest BCUT2D eigenvalue weighted by atomic mass is 10.1. The summed E-state index contributed by atoms with van der Waals surface area (Å²) in [4.78, 5) is 32.0. The van der Waals surface area contributed by atoms with Crippen molar-refractivity contribution in [2.24, 2.45) is 5.92 Å². The Morgan fingerprint density at radius 1 is 1.29 bits per heavy atom. The van der Waals surface area contributed by atoms with E-state index in [1.54, 1.807) is 22.2 Å². The van der Waals surface area contributed by atoms with Crippen LogP contribution in [0.2, 0.25) is 0 Å². The van der Waals surface area contributed by atoms with Gasteiger partial charge < -0.3 is 14.6 Å². The smallest absolute Gasteiger partial charge is 0.324 e. The van der Waals surface area contributed by atoms with Gasteiger partial charge in [0.1, 0.15) is 5.82 Å². The first-order valence-electron chi connectivity index (χ1n) is 7.94. The molecule has 0 bridgehead atoms. The van der Waals surface area contributed by atoms with Crippen LogP contribution in [0.1, 0.15) is 12.7 Å². The van der Waals surface area contributed by atoms with Crippen LogP contribution in [0.5, 0.6) is 0 Å². The van der Waals surface area contributed by atoms with Gasteiger partial charge in [0.15, 0.2) is 0 Å². The molecule has 2 amide bonds. The highest BCUT2D eigenvalue weighted by atomic mass is 16.4. The van der Waals surface area contributed by atoms with Gasteiger partial charge >= 0.3 is 12.0 Å². The second-order valence-corrected chi connectivity index (χ2v) is 5.77. The summed E-state index contributed by atoms with van der Waals surface area (Å²) in [5.41, 5.74) is 0.796. The number of benzene rings is 1. The first kappa shape index (κ1) is 16.0. The topological polar surface area (TPSA) is 78.7 Å². The van der Waals surface area contributed by atoms with Crippen LogP contribution in [-0.4, -0.2) is 44.6 Å². The molecular weight excluding hydrogens is 308 g/mol. The van der Waals surface area contributed by atoms with Crippen LogP contribution in [0, 0.1) is 5.92 Å². The average Bonchev–Trinajstić information content (AvgIpc) is 2.93. The number of aromatic nitrogens is 2. The monoisotopic (exact) mass is 328 g/mol. The maximum absolute atomic E-state index is 13.0. The Morgan fingerprint density at radius 3 is 2.71 bits per heavy atom. The van der Waals surface area contributed by atoms with Crippen molar-refractivity contribution in [3.8, 4) is 0 Å². The molecule has 2 heterocycles. The van der Waals surface area contributed by atoms with E-state index in [4.69, 9.17) is 0 Å². The molecule has 7 nitrogen and oxygen atoms in total. The number of carbonyl (C=O) groups is 2. The Kier molecular flexibility index (Phi) is 4.50. The van der Waals surface area contributed by atoms with Gasteiger partial charge in [0.25, 0.3) is 0 Å². The number of carbonyl (C=O) groups excluding carboxylic acids is 1. The van der Waals surface area contributed by atoms with Crippen LogP contribution in [0.15, 0.2) is 42.7 Å². The molecule has 0 saturated heterocycles. The van der Waals surface area contributed by atoms with Gasteiger partial charge in [0.05, 0.1) is 12.5 Å². The summed E-state index contributed by atoms with van der Waals surface area (Å²) in [5, 5.41) is 9.45. The standard InChI is InChI=1S/C17H20N4O3/c1-2-21(14-6-4-3-5-7-14)17(24)20-11-13(16(22)23)10-19-9-8-18-15(19)12-20/h3-9,13H,2,10-12H2,1H3,(H,22,23). The van der Waals surface area contributed by atoms with Crippen molar-refractivity contribution in [3.05, 3.63) is 48.5 Å². The largest absolute Gasteiger partial charge is 0.481 e. The molecular formula is C17H20N4O3. The molecule has 126 valence electrons. The minimum Gasteiger partial charge on any atom is -0.481 e. The van der Waals surface area contributed by atoms with E-state index in [1.165, 1.54) is 0 Å². The summed E-state index contributed by atoms with van der Waals surface area (Å²) in [5.74, 6) is -0.854. The second kappa shape index (κ2) is 6.74. The number of aliphatic carboxylic acids is 1. The Balaban J connectivity index is 1.89. The molecule has 0 saturated carbocycles. The number of urea groups is 1. The third-order valence-electron chi connectivity index (χ3n) is 4.23. The molecule has 3 rings (SSSR count). The van der Waals surface area contributed by atoms with Gasteiger partial charge in [0.2, 0.25) is 0 Å². The van der Waals surface area contributed by atoms with Crippen molar-refractivity contribution in [1.82, 2.24) is 14.5 Å². The fraction of sp³-hybridized carbons (Fsp3) is 0.353. The van der Waals surface area contributed by atoms with Crippen molar-refractivity contribution in [1.29, 1.82) is 0 Å². The molecule has 24 heavy (non-hydrogen) atoms. The lowest BCUT2D eigenvalue weighted by molar-refractivity contribution is -0.142. The molecule has 1 N–H and O–H groups in total. The third-order valence-corrected chi connectivity index (χ3v) is 4.23. The number of rotatable bonds is 3. The molecule has 0 spiro atoms. The normalized spacial score (nSPS) is 17.0. The summed E-state index contributed by atoms with van der Waals surface area (Å²) < 4.78 is 1.81. The predicted molar refractivity (Wildman–Crippen MR) is 88.6 cm³/mol. The lowest BCUT2D eigenvalue weighted by Crippen LogP contribution is -2.45. The Hall–Kier alpha value is -2.83. The van der Waals surface area contributed by atoms with Crippen LogP contribution in [-0.2, 0) is 17.9 Å². The molecule has 2 aromatic rings. The van der Waals surface area contributed by atoms with Crippen LogP contribution in [0.3, 0.4) is 0 Å². The van der Waals surface area contributed by atoms with Crippen molar-refractivity contribution in [2.45, 2.75) is 20.0 Å². The van der Waals surface area contributed by atoms with Crippen LogP contribution < -0.4 is 4.90 Å². The lowest BCUT2D eigenvalue weighted by Gasteiger charge is -2.29. The summed E-state index contributed by atoms with van der Waals surface area (Å²) in [6.45, 7) is 3.20. The molecule has 1 aromatic carbocycles. The number of imidazole rings is 1. The molecule has 1 unspecified atom stereocenters. The highest BCUT2D eigenvalue weighted by Crippen LogP contribution is 2.20. The predicted octanol–water partition coefficient (Wildman–Crippen LogP) is 2.05. The van der Waals surface area contributed by atoms with E-state index in [1.807, 2.05) is 41.8 Å². The highest BCUT2D eigenvalue weighted by Gasteiger charge is 2.31. The third kappa shape index (κ3) is 3.10. The maximum Gasteiger partial charge on any atom is 0.324 e. The quantitative estimate of drug-likeness (QED) is 0.935. The van der Waals surface area contributed by atoms with E-state index in [-0.39, 0.29) is 12.6 Å². The molecule has 0 aliphatic carbocycles. The van der Waals surface area contributed by atoms with Crippen molar-refractivity contribution >= 4 is 17.7 Å². The fourth-order valence-electron chi connectivity index (χ4n) is 2.96. The van der Waals surface area contributed by atoms with Crippen LogP contribution >= 0.6 is 0 Å². The number of amides is 2. The molecule has 0 radical (unpaired) electrons. The fourth-order valence-corrected chi connectivity index (χ4v) is 2.96. The number of carboxylic acids is 1. The van der Waals surface area contributed by atoms with Gasteiger partial charge in [-0.05, 0) is 19.1 Å². The van der Waals surface area contributed by atoms with Gasteiger partial charge in [-0.2, -0.15) is 0 Å². The summed E-state index contributed by atoms with van der Waals surface area (Å²) >= 11 is 0. The molecule has 1 aromatic heterocycles. The maximum atomic E-state index is 13.0. The SMILES string of the molecule is CCN(C(=O)N1Cc2nccn2CC(C(=O)O)C1)c1ccccc1. The van der Waals surface area contributed by atoms with Crippen LogP contribution in [0.25, 0.3) is 0 Å². The molecule has 0 fully saturated rings. The molecule has 1 aliphatic heterocycles. The average molecular weight is 328 g/mol. The van der Waals surface area contributed by atoms with E-state index in [9.17, 15) is 14.7 Å². The van der Waals surface area contributed by atoms with E-state index in [0.29, 0.717) is 25.5 Å². The first-order chi connectivity index (χ1) is 11.6. The first-order valence-corrected chi connectivity index (χ1v) is 7.94. The number of fused-ring (bicyclic) bond motifs is 1. The molecule has 1 atom stereocenters. The summed E-state index contributed by atoms with van der Waals surface area (Å²) in [6, 6.07) is 9.18. The number of anilines is 1. The van der Waals surface area contributed by atoms with Gasteiger partial charge in [-0.3, -0.25) is 9.69 Å². The summed E-state index contributed by atoms with van der Waals surface area (Å²) in [6.07, 6.45) is 3.39. The van der Waals surface area contributed by atoms with Crippen LogP contribution in [0.4, 0.5) is 10.5 Å². The zero-order chi connectivity index (χ0) is 17.1. The Bertz CT molecular complexity index is 728. The highest BCUT2D eigenvalue weighted by molar-refractivity contribution is 5.92. The van der Waals surface area contributed by atoms with Crippen molar-refractivity contribution in [2.75, 3.05) is 18.0 Å². The number of para-hydroxylation sites is 1. The minimum atomic E-state index is -0.905. The van der Waals surface area contributed by atoms with E-state index in [2.05, 4.69) is 4.98 Å². The number of carboxylic acid groups (broad SMARTS) is 1. The zero-order valence-corrected chi connectivity index (χ0v) is 13.5. The molecule has 1 aliphatic rings. The summed E-state index contributed by atoms with van der Waals surface area (Å²) in [7, 11) is 0. The number of nitrogens with zero attached hydrogens (tertiary/aromatic N) is 4. The van der Waals surface area contributed by atoms with Gasteiger partial charge in [-0.25, -0.2) is 9.78 Å². The van der Waals surface area contributed by atoms with Crippen molar-refractivity contribution in [3.63, 3.8) is 0 Å². The van der Waals surface area contributed by atoms with E-state index in [0.717, 1.165) is 5.69 Å². The number of hydrogen-bond acceptors (Lipinski definition) is 3. The second-order valence-electron chi connectivity index (χ2n) is 5.77. The van der Waals surface area contributed by atoms with Gasteiger partial charge in [0, 0.05) is 37.7 Å². The molecule has 7 heteroatoms. The Morgan fingerprint density at radius 2 is 2.04 bits per heavy atom. The minimum absolute atomic E-state index is 0.168. The number of hydrogen-bond donors (Lipinski definition) is 1. The zero-order valence-electron chi connectivity index (χ0n) is 13.5. The van der Waals surface area contributed by atoms with Crippen molar-refractivity contribution < 1.29 is 14.7 Å². The van der Waals surface area contributed by atoms with E-state index >= 15 is 0 Å². The van der Waals surface area contributed by atoms with E-state index < -0.39 is 11.9 Å². The van der Waals surface area contributed by atoms with Gasteiger partial charge in [-0.15, -0.1) is 0 Å². The Labute approximate surface area is 140 Å².